The molecule has 0 unspecified atom stereocenters. The van der Waals surface area contributed by atoms with Gasteiger partial charge in [0.25, 0.3) is 0 Å². The lowest BCUT2D eigenvalue weighted by Crippen LogP contribution is -2.01. The summed E-state index contributed by atoms with van der Waals surface area (Å²) >= 11 is 0. The summed E-state index contributed by atoms with van der Waals surface area (Å²) in [6.07, 6.45) is 5.37. The average Bonchev–Trinajstić information content (AvgIpc) is 3.14. The van der Waals surface area contributed by atoms with E-state index in [0.717, 1.165) is 17.3 Å². The Morgan fingerprint density at radius 3 is 2.81 bits per heavy atom. The molecule has 0 fully saturated rings. The van der Waals surface area contributed by atoms with Crippen molar-refractivity contribution in [1.29, 1.82) is 5.26 Å². The summed E-state index contributed by atoms with van der Waals surface area (Å²) in [5.41, 5.74) is 0.881. The number of nitrogens with one attached hydrogen (secondary N) is 1. The Morgan fingerprint density at radius 1 is 1.29 bits per heavy atom. The highest BCUT2D eigenvalue weighted by Crippen LogP contribution is 2.13. The lowest BCUT2D eigenvalue weighted by molar-refractivity contribution is 0.506. The molecule has 3 rings (SSSR count). The third-order valence-corrected chi connectivity index (χ3v) is 3.06. The zero-order chi connectivity index (χ0) is 14.7. The predicted molar refractivity (Wildman–Crippen MR) is 76.8 cm³/mol. The molecule has 6 heteroatoms. The standard InChI is InChI=1S/C15H13N5O/c1-11-17-6-7-20(11)15-5-2-12(9-19-15)18-10-14-4-3-13(8-16)21-14/h2-7,9,18H,10H2,1H3. The van der Waals surface area contributed by atoms with Gasteiger partial charge in [0.15, 0.2) is 0 Å². The van der Waals surface area contributed by atoms with Crippen LogP contribution >= 0.6 is 0 Å². The van der Waals surface area contributed by atoms with Crippen molar-refractivity contribution in [2.45, 2.75) is 13.5 Å². The first-order chi connectivity index (χ1) is 10.3. The molecule has 1 N–H and O–H groups in total. The second-order valence-corrected chi connectivity index (χ2v) is 4.48. The molecule has 3 aromatic rings. The number of aromatic nitrogens is 3. The number of pyridine rings is 1. The summed E-state index contributed by atoms with van der Waals surface area (Å²) in [5.74, 6) is 2.74. The van der Waals surface area contributed by atoms with E-state index in [1.165, 1.54) is 0 Å². The third kappa shape index (κ3) is 2.77. The Morgan fingerprint density at radius 2 is 2.19 bits per heavy atom. The fourth-order valence-electron chi connectivity index (χ4n) is 1.98. The molecule has 6 nitrogen and oxygen atoms in total. The van der Waals surface area contributed by atoms with E-state index in [-0.39, 0.29) is 0 Å². The average molecular weight is 279 g/mol. The Bertz CT molecular complexity index is 779. The van der Waals surface area contributed by atoms with Crippen LogP contribution in [0.1, 0.15) is 17.3 Å². The van der Waals surface area contributed by atoms with E-state index >= 15 is 0 Å². The van der Waals surface area contributed by atoms with Crippen LogP contribution in [0.2, 0.25) is 0 Å². The van der Waals surface area contributed by atoms with Gasteiger partial charge in [0.2, 0.25) is 5.76 Å². The van der Waals surface area contributed by atoms with Crippen LogP contribution in [0.3, 0.4) is 0 Å². The second-order valence-electron chi connectivity index (χ2n) is 4.48. The lowest BCUT2D eigenvalue weighted by Gasteiger charge is -2.07. The highest BCUT2D eigenvalue weighted by atomic mass is 16.3. The zero-order valence-corrected chi connectivity index (χ0v) is 11.4. The molecule has 0 amide bonds. The molecular weight excluding hydrogens is 266 g/mol. The van der Waals surface area contributed by atoms with Gasteiger partial charge in [-0.3, -0.25) is 4.57 Å². The number of aryl methyl sites for hydroxylation is 1. The molecule has 0 aliphatic carbocycles. The van der Waals surface area contributed by atoms with Crippen molar-refractivity contribution in [1.82, 2.24) is 14.5 Å². The van der Waals surface area contributed by atoms with Crippen LogP contribution < -0.4 is 5.32 Å². The van der Waals surface area contributed by atoms with Gasteiger partial charge in [-0.1, -0.05) is 0 Å². The van der Waals surface area contributed by atoms with Crippen molar-refractivity contribution in [3.63, 3.8) is 0 Å². The summed E-state index contributed by atoms with van der Waals surface area (Å²) < 4.78 is 7.21. The van der Waals surface area contributed by atoms with E-state index in [2.05, 4.69) is 15.3 Å². The first kappa shape index (κ1) is 12.9. The van der Waals surface area contributed by atoms with Crippen molar-refractivity contribution < 1.29 is 4.42 Å². The minimum Gasteiger partial charge on any atom is -0.449 e. The highest BCUT2D eigenvalue weighted by Gasteiger charge is 2.03. The van der Waals surface area contributed by atoms with Crippen molar-refractivity contribution >= 4 is 5.69 Å². The summed E-state index contributed by atoms with van der Waals surface area (Å²) in [4.78, 5) is 8.56. The largest absolute Gasteiger partial charge is 0.449 e. The fraction of sp³-hybridized carbons (Fsp3) is 0.133. The maximum absolute atomic E-state index is 8.70. The van der Waals surface area contributed by atoms with Gasteiger partial charge >= 0.3 is 0 Å². The molecule has 0 spiro atoms. The van der Waals surface area contributed by atoms with Gasteiger partial charge in [0, 0.05) is 12.4 Å². The summed E-state index contributed by atoms with van der Waals surface area (Å²) in [7, 11) is 0. The van der Waals surface area contributed by atoms with Crippen molar-refractivity contribution in [2.75, 3.05) is 5.32 Å². The molecule has 0 aliphatic heterocycles. The van der Waals surface area contributed by atoms with Gasteiger partial charge in [0.1, 0.15) is 23.5 Å². The van der Waals surface area contributed by atoms with Gasteiger partial charge in [-0.15, -0.1) is 0 Å². The Balaban J connectivity index is 1.67. The minimum atomic E-state index is 0.316. The maximum Gasteiger partial charge on any atom is 0.203 e. The molecule has 0 saturated heterocycles. The predicted octanol–water partition coefficient (Wildman–Crippen LogP) is 2.65. The van der Waals surface area contributed by atoms with Crippen LogP contribution in [0.5, 0.6) is 0 Å². The number of furan rings is 1. The number of hydrogen-bond acceptors (Lipinski definition) is 5. The number of rotatable bonds is 4. The summed E-state index contributed by atoms with van der Waals surface area (Å²) in [5, 5.41) is 11.9. The van der Waals surface area contributed by atoms with E-state index in [1.807, 2.05) is 35.9 Å². The minimum absolute atomic E-state index is 0.316. The van der Waals surface area contributed by atoms with Gasteiger partial charge in [0.05, 0.1) is 18.4 Å². The molecule has 104 valence electrons. The van der Waals surface area contributed by atoms with Gasteiger partial charge in [-0.2, -0.15) is 5.26 Å². The third-order valence-electron chi connectivity index (χ3n) is 3.06. The number of hydrogen-bond donors (Lipinski definition) is 1. The normalized spacial score (nSPS) is 10.3. The van der Waals surface area contributed by atoms with Crippen LogP contribution in [-0.2, 0) is 6.54 Å². The fourth-order valence-corrected chi connectivity index (χ4v) is 1.98. The number of nitrogens with zero attached hydrogens (tertiary/aromatic N) is 4. The van der Waals surface area contributed by atoms with E-state index < -0.39 is 0 Å². The topological polar surface area (TPSA) is 79.7 Å². The van der Waals surface area contributed by atoms with Crippen LogP contribution in [0.25, 0.3) is 5.82 Å². The van der Waals surface area contributed by atoms with E-state index in [0.29, 0.717) is 18.1 Å². The Hall–Kier alpha value is -3.07. The van der Waals surface area contributed by atoms with Crippen LogP contribution in [0.15, 0.2) is 47.3 Å². The lowest BCUT2D eigenvalue weighted by atomic mass is 10.3. The van der Waals surface area contributed by atoms with E-state index in [1.54, 1.807) is 24.5 Å². The molecule has 0 atom stereocenters. The Labute approximate surface area is 121 Å². The molecule has 0 aromatic carbocycles. The molecule has 0 bridgehead atoms. The monoisotopic (exact) mass is 279 g/mol. The number of anilines is 1. The smallest absolute Gasteiger partial charge is 0.203 e. The first-order valence-corrected chi connectivity index (χ1v) is 6.45. The van der Waals surface area contributed by atoms with Gasteiger partial charge < -0.3 is 9.73 Å². The SMILES string of the molecule is Cc1nccn1-c1ccc(NCc2ccc(C#N)o2)cn1. The second kappa shape index (κ2) is 5.51. The van der Waals surface area contributed by atoms with E-state index in [4.69, 9.17) is 9.68 Å². The van der Waals surface area contributed by atoms with Crippen LogP contribution in [-0.4, -0.2) is 14.5 Å². The molecule has 3 heterocycles. The van der Waals surface area contributed by atoms with Crippen LogP contribution in [0.4, 0.5) is 5.69 Å². The highest BCUT2D eigenvalue weighted by molar-refractivity contribution is 5.44. The summed E-state index contributed by atoms with van der Waals surface area (Å²) in [6, 6.07) is 9.25. The molecule has 0 saturated carbocycles. The number of nitriles is 1. The molecule has 0 aliphatic rings. The molecular formula is C15H13N5O. The maximum atomic E-state index is 8.70. The van der Waals surface area contributed by atoms with Crippen LogP contribution in [0, 0.1) is 18.3 Å². The van der Waals surface area contributed by atoms with Crippen molar-refractivity contribution in [2.24, 2.45) is 0 Å². The van der Waals surface area contributed by atoms with Crippen molar-refractivity contribution in [3.8, 4) is 11.9 Å². The molecule has 3 aromatic heterocycles. The quantitative estimate of drug-likeness (QED) is 0.794. The summed E-state index contributed by atoms with van der Waals surface area (Å²) in [6.45, 7) is 2.43. The molecule has 0 radical (unpaired) electrons. The first-order valence-electron chi connectivity index (χ1n) is 6.45. The zero-order valence-electron chi connectivity index (χ0n) is 11.4. The van der Waals surface area contributed by atoms with Gasteiger partial charge in [-0.05, 0) is 31.2 Å². The Kier molecular flexibility index (Phi) is 3.39. The van der Waals surface area contributed by atoms with Crippen molar-refractivity contribution in [3.05, 3.63) is 60.2 Å². The number of imidazole rings is 1. The molecule has 21 heavy (non-hydrogen) atoms. The van der Waals surface area contributed by atoms with E-state index in [9.17, 15) is 0 Å². The van der Waals surface area contributed by atoms with Gasteiger partial charge in [-0.25, -0.2) is 9.97 Å².